The van der Waals surface area contributed by atoms with E-state index in [0.29, 0.717) is 30.5 Å². The van der Waals surface area contributed by atoms with Crippen LogP contribution < -0.4 is 0 Å². The molecule has 0 bridgehead atoms. The number of aromatic nitrogens is 1. The van der Waals surface area contributed by atoms with E-state index in [1.54, 1.807) is 0 Å². The molecule has 5 heteroatoms. The molecule has 2 aromatic carbocycles. The Labute approximate surface area is 208 Å². The van der Waals surface area contributed by atoms with Crippen molar-refractivity contribution in [1.82, 2.24) is 4.57 Å². The lowest BCUT2D eigenvalue weighted by Crippen LogP contribution is -2.31. The minimum absolute atomic E-state index is 0.0930. The van der Waals surface area contributed by atoms with Gasteiger partial charge in [-0.2, -0.15) is 0 Å². The number of carbonyl (C=O) groups is 2. The van der Waals surface area contributed by atoms with Gasteiger partial charge in [0.15, 0.2) is 5.78 Å². The molecule has 0 aliphatic carbocycles. The molecule has 0 saturated heterocycles. The average Bonchev–Trinajstić information content (AvgIpc) is 3.06. The quantitative estimate of drug-likeness (QED) is 0.235. The first-order valence-electron chi connectivity index (χ1n) is 12.1. The number of carbonyl (C=O) groups excluding carboxylic acids is 2. The molecular formula is C29H36ClNO3. The van der Waals surface area contributed by atoms with Crippen LogP contribution >= 0.6 is 11.6 Å². The maximum Gasteiger partial charge on any atom is 0.311 e. The fraction of sp³-hybridized carbons (Fsp3) is 0.448. The van der Waals surface area contributed by atoms with Gasteiger partial charge in [0, 0.05) is 46.1 Å². The topological polar surface area (TPSA) is 48.3 Å². The summed E-state index contributed by atoms with van der Waals surface area (Å²) in [5.41, 5.74) is 4.08. The molecule has 0 fully saturated rings. The highest BCUT2D eigenvalue weighted by atomic mass is 35.5. The second kappa shape index (κ2) is 10.4. The number of hydrogen-bond donors (Lipinski definition) is 0. The van der Waals surface area contributed by atoms with Crippen LogP contribution in [0.1, 0.15) is 81.6 Å². The smallest absolute Gasteiger partial charge is 0.311 e. The lowest BCUT2D eigenvalue weighted by molar-refractivity contribution is -0.153. The molecule has 34 heavy (non-hydrogen) atoms. The Bertz CT molecular complexity index is 1190. The van der Waals surface area contributed by atoms with Gasteiger partial charge in [-0.15, -0.1) is 0 Å². The van der Waals surface area contributed by atoms with Crippen molar-refractivity contribution in [3.05, 3.63) is 69.9 Å². The van der Waals surface area contributed by atoms with E-state index in [1.807, 2.05) is 58.9 Å². The molecule has 0 N–H and O–H groups in total. The lowest BCUT2D eigenvalue weighted by atomic mass is 9.85. The van der Waals surface area contributed by atoms with Crippen molar-refractivity contribution >= 4 is 34.3 Å². The number of benzene rings is 2. The van der Waals surface area contributed by atoms with Crippen LogP contribution in [-0.2, 0) is 22.5 Å². The van der Waals surface area contributed by atoms with E-state index in [2.05, 4.69) is 36.6 Å². The number of halogens is 1. The zero-order valence-electron chi connectivity index (χ0n) is 21.4. The normalized spacial score (nSPS) is 12.1. The molecule has 1 heterocycles. The van der Waals surface area contributed by atoms with Gasteiger partial charge in [0.2, 0.25) is 0 Å². The van der Waals surface area contributed by atoms with E-state index in [0.717, 1.165) is 27.7 Å². The standard InChI is InChI=1S/C29H36ClNO3/c1-8-34-28(33)29(6,7)16-25-26(27(32)19(4)5)23-15-21(18(2)3)11-14-24(23)31(25)17-20-9-12-22(30)13-10-20/h9-15,18-19H,8,16-17H2,1-7H3. The summed E-state index contributed by atoms with van der Waals surface area (Å²) in [4.78, 5) is 26.4. The maximum absolute atomic E-state index is 13.6. The second-order valence-electron chi connectivity index (χ2n) is 10.3. The molecule has 0 aliphatic heterocycles. The molecular weight excluding hydrogens is 446 g/mol. The van der Waals surface area contributed by atoms with Crippen molar-refractivity contribution in [3.63, 3.8) is 0 Å². The van der Waals surface area contributed by atoms with E-state index in [-0.39, 0.29) is 17.7 Å². The first kappa shape index (κ1) is 26.0. The summed E-state index contributed by atoms with van der Waals surface area (Å²) in [5, 5.41) is 1.63. The number of nitrogens with zero attached hydrogens (tertiary/aromatic N) is 1. The minimum atomic E-state index is -0.783. The molecule has 0 saturated carbocycles. The van der Waals surface area contributed by atoms with Crippen molar-refractivity contribution in [2.75, 3.05) is 6.61 Å². The summed E-state index contributed by atoms with van der Waals surface area (Å²) < 4.78 is 7.57. The lowest BCUT2D eigenvalue weighted by Gasteiger charge is -2.24. The van der Waals surface area contributed by atoms with Crippen LogP contribution in [0, 0.1) is 11.3 Å². The third-order valence-electron chi connectivity index (χ3n) is 6.32. The number of Topliss-reactive ketones (excluding diaryl/α,β-unsaturated/α-hetero) is 1. The Kier molecular flexibility index (Phi) is 7.92. The number of fused-ring (bicyclic) bond motifs is 1. The number of ether oxygens (including phenoxy) is 1. The Hall–Kier alpha value is -2.59. The van der Waals surface area contributed by atoms with Gasteiger partial charge < -0.3 is 9.30 Å². The molecule has 3 aromatic rings. The van der Waals surface area contributed by atoms with E-state index in [4.69, 9.17) is 16.3 Å². The Morgan fingerprint density at radius 3 is 2.24 bits per heavy atom. The molecule has 0 atom stereocenters. The molecule has 182 valence electrons. The summed E-state index contributed by atoms with van der Waals surface area (Å²) in [6.07, 6.45) is 0.402. The van der Waals surface area contributed by atoms with Gasteiger partial charge in [-0.1, -0.05) is 57.5 Å². The summed E-state index contributed by atoms with van der Waals surface area (Å²) in [6.45, 7) is 14.7. The first-order valence-corrected chi connectivity index (χ1v) is 12.4. The predicted molar refractivity (Wildman–Crippen MR) is 140 cm³/mol. The molecule has 0 spiro atoms. The SMILES string of the molecule is CCOC(=O)C(C)(C)Cc1c(C(=O)C(C)C)c2cc(C(C)C)ccc2n1Cc1ccc(Cl)cc1. The van der Waals surface area contributed by atoms with Crippen molar-refractivity contribution in [3.8, 4) is 0 Å². The molecule has 0 unspecified atom stereocenters. The van der Waals surface area contributed by atoms with Gasteiger partial charge in [0.25, 0.3) is 0 Å². The van der Waals surface area contributed by atoms with Crippen molar-refractivity contribution < 1.29 is 14.3 Å². The monoisotopic (exact) mass is 481 g/mol. The number of ketones is 1. The predicted octanol–water partition coefficient (Wildman–Crippen LogP) is 7.44. The average molecular weight is 482 g/mol. The molecule has 3 rings (SSSR count). The minimum Gasteiger partial charge on any atom is -0.466 e. The van der Waals surface area contributed by atoms with Gasteiger partial charge in [0.05, 0.1) is 12.0 Å². The van der Waals surface area contributed by atoms with Crippen LogP contribution in [0.15, 0.2) is 42.5 Å². The van der Waals surface area contributed by atoms with Crippen LogP contribution in [0.3, 0.4) is 0 Å². The highest BCUT2D eigenvalue weighted by Gasteiger charge is 2.34. The van der Waals surface area contributed by atoms with Crippen molar-refractivity contribution in [2.45, 2.75) is 67.3 Å². The van der Waals surface area contributed by atoms with Crippen LogP contribution in [0.25, 0.3) is 10.9 Å². The van der Waals surface area contributed by atoms with E-state index < -0.39 is 5.41 Å². The van der Waals surface area contributed by atoms with Crippen LogP contribution in [0.4, 0.5) is 0 Å². The van der Waals surface area contributed by atoms with E-state index >= 15 is 0 Å². The summed E-state index contributed by atoms with van der Waals surface area (Å²) in [7, 11) is 0. The maximum atomic E-state index is 13.6. The van der Waals surface area contributed by atoms with E-state index in [9.17, 15) is 9.59 Å². The number of esters is 1. The molecule has 4 nitrogen and oxygen atoms in total. The highest BCUT2D eigenvalue weighted by molar-refractivity contribution is 6.30. The second-order valence-corrected chi connectivity index (χ2v) is 10.7. The Morgan fingerprint density at radius 1 is 1.03 bits per heavy atom. The Balaban J connectivity index is 2.30. The van der Waals surface area contributed by atoms with Gasteiger partial charge in [-0.3, -0.25) is 9.59 Å². The molecule has 1 aromatic heterocycles. The van der Waals surface area contributed by atoms with Crippen LogP contribution in [0.2, 0.25) is 5.02 Å². The summed E-state index contributed by atoms with van der Waals surface area (Å²) in [6, 6.07) is 14.1. The van der Waals surface area contributed by atoms with Crippen molar-refractivity contribution in [1.29, 1.82) is 0 Å². The summed E-state index contributed by atoms with van der Waals surface area (Å²) >= 11 is 6.12. The van der Waals surface area contributed by atoms with Gasteiger partial charge in [0.1, 0.15) is 0 Å². The van der Waals surface area contributed by atoms with Crippen LogP contribution in [-0.4, -0.2) is 22.9 Å². The number of hydrogen-bond acceptors (Lipinski definition) is 3. The number of rotatable bonds is 9. The van der Waals surface area contributed by atoms with Gasteiger partial charge >= 0.3 is 5.97 Å². The van der Waals surface area contributed by atoms with Crippen LogP contribution in [0.5, 0.6) is 0 Å². The van der Waals surface area contributed by atoms with Gasteiger partial charge in [-0.25, -0.2) is 0 Å². The molecule has 0 aliphatic rings. The molecule has 0 radical (unpaired) electrons. The third kappa shape index (κ3) is 5.38. The zero-order valence-corrected chi connectivity index (χ0v) is 22.1. The van der Waals surface area contributed by atoms with Crippen molar-refractivity contribution in [2.24, 2.45) is 11.3 Å². The fourth-order valence-corrected chi connectivity index (χ4v) is 4.43. The third-order valence-corrected chi connectivity index (χ3v) is 6.58. The Morgan fingerprint density at radius 2 is 1.68 bits per heavy atom. The fourth-order valence-electron chi connectivity index (χ4n) is 4.30. The zero-order chi connectivity index (χ0) is 25.2. The largest absolute Gasteiger partial charge is 0.466 e. The summed E-state index contributed by atoms with van der Waals surface area (Å²) in [5.74, 6) is 0.00622. The molecule has 0 amide bonds. The first-order chi connectivity index (χ1) is 16.0. The highest BCUT2D eigenvalue weighted by Crippen LogP contribution is 2.36. The van der Waals surface area contributed by atoms with Gasteiger partial charge in [-0.05, 0) is 62.1 Å². The van der Waals surface area contributed by atoms with E-state index in [1.165, 1.54) is 5.56 Å².